The van der Waals surface area contributed by atoms with E-state index in [1.807, 2.05) is 29.3 Å². The van der Waals surface area contributed by atoms with Crippen molar-refractivity contribution >= 4 is 40.4 Å². The molecule has 2 N–H and O–H groups in total. The normalized spacial score (nSPS) is 16.1. The lowest BCUT2D eigenvalue weighted by atomic mass is 10.0. The Bertz CT molecular complexity index is 1390. The van der Waals surface area contributed by atoms with Crippen LogP contribution in [0, 0.1) is 5.92 Å². The summed E-state index contributed by atoms with van der Waals surface area (Å²) in [6.07, 6.45) is 3.70. The summed E-state index contributed by atoms with van der Waals surface area (Å²) >= 11 is 0. The molecule has 0 spiro atoms. The van der Waals surface area contributed by atoms with Gasteiger partial charge in [-0.3, -0.25) is 4.79 Å². The van der Waals surface area contributed by atoms with E-state index in [2.05, 4.69) is 47.0 Å². The van der Waals surface area contributed by atoms with Gasteiger partial charge in [-0.2, -0.15) is 0 Å². The summed E-state index contributed by atoms with van der Waals surface area (Å²) in [4.78, 5) is 24.9. The van der Waals surface area contributed by atoms with E-state index in [1.54, 1.807) is 7.11 Å². The lowest BCUT2D eigenvalue weighted by Gasteiger charge is -2.30. The molecule has 1 aliphatic rings. The van der Waals surface area contributed by atoms with Crippen molar-refractivity contribution in [2.45, 2.75) is 52.7 Å². The summed E-state index contributed by atoms with van der Waals surface area (Å²) in [7, 11) is 1.65. The first kappa shape index (κ1) is 26.0. The van der Waals surface area contributed by atoms with Crippen LogP contribution in [0.3, 0.4) is 0 Å². The van der Waals surface area contributed by atoms with Crippen molar-refractivity contribution in [2.75, 3.05) is 20.2 Å². The summed E-state index contributed by atoms with van der Waals surface area (Å²) in [6.45, 7) is 9.35. The van der Waals surface area contributed by atoms with Crippen molar-refractivity contribution in [1.82, 2.24) is 24.0 Å². The maximum Gasteiger partial charge on any atom is 0.254 e. The molecule has 1 amide bonds. The largest absolute Gasteiger partial charge is 0.494 e. The molecule has 1 aliphatic heterocycles. The first-order valence-electron chi connectivity index (χ1n) is 12.5. The van der Waals surface area contributed by atoms with E-state index in [1.165, 1.54) is 0 Å². The number of nitrogens with zero attached hydrogens (tertiary/aromatic N) is 5. The van der Waals surface area contributed by atoms with Crippen molar-refractivity contribution in [3.8, 4) is 17.3 Å². The molecule has 4 aromatic rings. The lowest BCUT2D eigenvalue weighted by Crippen LogP contribution is -2.45. The Morgan fingerprint density at radius 3 is 2.75 bits per heavy atom. The van der Waals surface area contributed by atoms with Crippen molar-refractivity contribution in [3.63, 3.8) is 0 Å². The lowest BCUT2D eigenvalue weighted by molar-refractivity contribution is 0.0708. The van der Waals surface area contributed by atoms with Gasteiger partial charge in [-0.15, -0.1) is 12.4 Å². The molecule has 0 radical (unpaired) electrons. The van der Waals surface area contributed by atoms with Crippen molar-refractivity contribution in [2.24, 2.45) is 11.7 Å². The van der Waals surface area contributed by atoms with Crippen LogP contribution in [0.2, 0.25) is 0 Å². The first-order chi connectivity index (χ1) is 16.9. The molecule has 0 saturated carbocycles. The van der Waals surface area contributed by atoms with E-state index in [0.29, 0.717) is 23.8 Å². The number of carbonyl (C=O) groups is 1. The molecule has 1 atom stereocenters. The summed E-state index contributed by atoms with van der Waals surface area (Å²) in [6, 6.07) is 9.96. The fourth-order valence-corrected chi connectivity index (χ4v) is 5.22. The number of likely N-dealkylation sites (tertiary alicyclic amines) is 1. The number of benzene rings is 1. The van der Waals surface area contributed by atoms with Gasteiger partial charge in [0.1, 0.15) is 16.9 Å². The highest BCUT2D eigenvalue weighted by atomic mass is 35.5. The second-order valence-corrected chi connectivity index (χ2v) is 9.83. The minimum atomic E-state index is -0.0211. The van der Waals surface area contributed by atoms with Crippen molar-refractivity contribution in [1.29, 1.82) is 0 Å². The fraction of sp³-hybridized carbons (Fsp3) is 0.444. The third kappa shape index (κ3) is 4.55. The summed E-state index contributed by atoms with van der Waals surface area (Å²) in [5.41, 5.74) is 10.3. The highest BCUT2D eigenvalue weighted by Crippen LogP contribution is 2.35. The van der Waals surface area contributed by atoms with Crippen molar-refractivity contribution in [3.05, 3.63) is 42.1 Å². The van der Waals surface area contributed by atoms with Crippen LogP contribution in [0.5, 0.6) is 5.75 Å². The fourth-order valence-electron chi connectivity index (χ4n) is 5.22. The molecule has 1 saturated heterocycles. The molecular weight excluding hydrogens is 476 g/mol. The summed E-state index contributed by atoms with van der Waals surface area (Å²) in [5.74, 6) is 1.89. The van der Waals surface area contributed by atoms with E-state index in [9.17, 15) is 4.79 Å². The highest BCUT2D eigenvalue weighted by molar-refractivity contribution is 6.00. The number of carbonyl (C=O) groups excluding carboxylic acids is 1. The quantitative estimate of drug-likeness (QED) is 0.405. The Balaban J connectivity index is 0.00000304. The second kappa shape index (κ2) is 10.5. The molecule has 36 heavy (non-hydrogen) atoms. The topological polar surface area (TPSA) is 91.2 Å². The Kier molecular flexibility index (Phi) is 7.57. The van der Waals surface area contributed by atoms with Gasteiger partial charge in [-0.25, -0.2) is 9.97 Å². The molecule has 1 aromatic carbocycles. The molecule has 0 unspecified atom stereocenters. The van der Waals surface area contributed by atoms with Gasteiger partial charge in [0.05, 0.1) is 18.3 Å². The van der Waals surface area contributed by atoms with Crippen LogP contribution >= 0.6 is 12.4 Å². The number of methoxy groups -OCH3 is 1. The van der Waals surface area contributed by atoms with Gasteiger partial charge < -0.3 is 24.5 Å². The smallest absolute Gasteiger partial charge is 0.254 e. The third-order valence-corrected chi connectivity index (χ3v) is 6.77. The van der Waals surface area contributed by atoms with E-state index in [0.717, 1.165) is 66.1 Å². The van der Waals surface area contributed by atoms with Gasteiger partial charge >= 0.3 is 0 Å². The van der Waals surface area contributed by atoms with Crippen LogP contribution in [0.15, 0.2) is 36.5 Å². The molecule has 9 heteroatoms. The molecule has 192 valence electrons. The SMILES string of the molecule is CCn1c(-c2nc3cc(C(=O)N4CCC[C@@H](N)C4)cc(OC)c3n2CC(C)C)cc2cccnc21.Cl. The van der Waals surface area contributed by atoms with E-state index in [4.69, 9.17) is 15.5 Å². The van der Waals surface area contributed by atoms with Crippen LogP contribution in [0.1, 0.15) is 44.0 Å². The van der Waals surface area contributed by atoms with E-state index >= 15 is 0 Å². The Labute approximate surface area is 217 Å². The van der Waals surface area contributed by atoms with E-state index in [-0.39, 0.29) is 24.4 Å². The monoisotopic (exact) mass is 510 g/mol. The van der Waals surface area contributed by atoms with E-state index < -0.39 is 0 Å². The maximum absolute atomic E-state index is 13.4. The number of halogens is 1. The molecule has 3 aromatic heterocycles. The number of fused-ring (bicyclic) bond motifs is 2. The van der Waals surface area contributed by atoms with Crippen LogP contribution in [-0.2, 0) is 13.1 Å². The number of hydrogen-bond donors (Lipinski definition) is 1. The maximum atomic E-state index is 13.4. The minimum Gasteiger partial charge on any atom is -0.494 e. The van der Waals surface area contributed by atoms with Crippen LogP contribution in [0.4, 0.5) is 0 Å². The average Bonchev–Trinajstić information content (AvgIpc) is 3.40. The number of aryl methyl sites for hydroxylation is 1. The number of piperidine rings is 1. The number of pyridine rings is 1. The number of amides is 1. The number of rotatable bonds is 6. The predicted octanol–water partition coefficient (Wildman–Crippen LogP) is 4.72. The van der Waals surface area contributed by atoms with Crippen molar-refractivity contribution < 1.29 is 9.53 Å². The zero-order valence-electron chi connectivity index (χ0n) is 21.4. The molecule has 8 nitrogen and oxygen atoms in total. The Morgan fingerprint density at radius 2 is 2.06 bits per heavy atom. The zero-order valence-corrected chi connectivity index (χ0v) is 22.2. The number of aromatic nitrogens is 4. The third-order valence-electron chi connectivity index (χ3n) is 6.77. The van der Waals surface area contributed by atoms with Crippen LogP contribution in [0.25, 0.3) is 33.6 Å². The summed E-state index contributed by atoms with van der Waals surface area (Å²) in [5, 5.41) is 1.08. The second-order valence-electron chi connectivity index (χ2n) is 9.83. The number of imidazole rings is 1. The molecule has 0 bridgehead atoms. The zero-order chi connectivity index (χ0) is 24.7. The van der Waals surface area contributed by atoms with Gasteiger partial charge in [-0.1, -0.05) is 13.8 Å². The Morgan fingerprint density at radius 1 is 1.25 bits per heavy atom. The molecule has 5 rings (SSSR count). The van der Waals surface area contributed by atoms with Gasteiger partial charge in [0, 0.05) is 49.4 Å². The highest BCUT2D eigenvalue weighted by Gasteiger charge is 2.26. The number of nitrogens with two attached hydrogens (primary N) is 1. The van der Waals surface area contributed by atoms with Gasteiger partial charge in [0.15, 0.2) is 5.82 Å². The van der Waals surface area contributed by atoms with Gasteiger partial charge in [0.25, 0.3) is 5.91 Å². The molecule has 0 aliphatic carbocycles. The summed E-state index contributed by atoms with van der Waals surface area (Å²) < 4.78 is 10.3. The van der Waals surface area contributed by atoms with Gasteiger partial charge in [-0.05, 0) is 56.0 Å². The molecule has 4 heterocycles. The molecular formula is C27H35ClN6O2. The Hall–Kier alpha value is -3.10. The minimum absolute atomic E-state index is 0. The number of hydrogen-bond acceptors (Lipinski definition) is 5. The number of ether oxygens (including phenoxy) is 1. The first-order valence-corrected chi connectivity index (χ1v) is 12.5. The van der Waals surface area contributed by atoms with Gasteiger partial charge in [0.2, 0.25) is 0 Å². The standard InChI is InChI=1S/C27H34N6O2.ClH/c1-5-32-22(13-18-8-6-10-29-25(18)32)26-30-21-12-19(27(34)31-11-7-9-20(28)16-31)14-23(35-4)24(21)33(26)15-17(2)3;/h6,8,10,12-14,17,20H,5,7,9,11,15-16,28H2,1-4H3;1H/t20-;/m1./s1. The van der Waals surface area contributed by atoms with Crippen LogP contribution < -0.4 is 10.5 Å². The predicted molar refractivity (Wildman–Crippen MR) is 146 cm³/mol. The molecule has 1 fully saturated rings. The average molecular weight is 511 g/mol. The van der Waals surface area contributed by atoms with Crippen LogP contribution in [-0.4, -0.2) is 56.2 Å².